The summed E-state index contributed by atoms with van der Waals surface area (Å²) < 4.78 is 10.6. The van der Waals surface area contributed by atoms with Gasteiger partial charge in [-0.15, -0.1) is 0 Å². The normalized spacial score (nSPS) is 21.7. The van der Waals surface area contributed by atoms with Gasteiger partial charge in [0, 0.05) is 26.2 Å². The Hall–Kier alpha value is -1.99. The van der Waals surface area contributed by atoms with Gasteiger partial charge in [-0.1, -0.05) is 51.4 Å². The SMILES string of the molecule is CCOC(=O)N1CCN(C(=O)C(CC2CCCCC2)NC(=O)OCC2CCCCC2)CC1. The lowest BCUT2D eigenvalue weighted by Gasteiger charge is -2.36. The third kappa shape index (κ3) is 7.55. The highest BCUT2D eigenvalue weighted by Gasteiger charge is 2.32. The molecule has 3 amide bonds. The molecule has 1 atom stereocenters. The molecule has 2 aliphatic carbocycles. The Morgan fingerprint density at radius 1 is 0.812 bits per heavy atom. The zero-order chi connectivity index (χ0) is 22.8. The van der Waals surface area contributed by atoms with E-state index in [1.807, 2.05) is 0 Å². The van der Waals surface area contributed by atoms with Crippen molar-refractivity contribution in [3.05, 3.63) is 0 Å². The van der Waals surface area contributed by atoms with Gasteiger partial charge in [-0.2, -0.15) is 0 Å². The molecule has 1 unspecified atom stereocenters. The molecular weight excluding hydrogens is 410 g/mol. The van der Waals surface area contributed by atoms with Gasteiger partial charge in [0.1, 0.15) is 6.04 Å². The maximum atomic E-state index is 13.3. The van der Waals surface area contributed by atoms with Crippen LogP contribution in [0.3, 0.4) is 0 Å². The topological polar surface area (TPSA) is 88.2 Å². The van der Waals surface area contributed by atoms with Crippen molar-refractivity contribution in [1.82, 2.24) is 15.1 Å². The number of carbonyl (C=O) groups is 3. The lowest BCUT2D eigenvalue weighted by atomic mass is 9.84. The molecule has 8 nitrogen and oxygen atoms in total. The lowest BCUT2D eigenvalue weighted by molar-refractivity contribution is -0.135. The molecule has 1 saturated heterocycles. The molecule has 3 aliphatic rings. The Labute approximate surface area is 192 Å². The van der Waals surface area contributed by atoms with E-state index in [4.69, 9.17) is 9.47 Å². The first-order chi connectivity index (χ1) is 15.6. The fraction of sp³-hybridized carbons (Fsp3) is 0.875. The number of carbonyl (C=O) groups excluding carboxylic acids is 3. The first-order valence-corrected chi connectivity index (χ1v) is 12.7. The number of piperazine rings is 1. The number of ether oxygens (including phenoxy) is 2. The van der Waals surface area contributed by atoms with Crippen molar-refractivity contribution in [2.45, 2.75) is 83.6 Å². The minimum Gasteiger partial charge on any atom is -0.450 e. The molecule has 0 aromatic carbocycles. The van der Waals surface area contributed by atoms with Gasteiger partial charge < -0.3 is 24.6 Å². The second-order valence-corrected chi connectivity index (χ2v) is 9.55. The second kappa shape index (κ2) is 12.9. The van der Waals surface area contributed by atoms with Gasteiger partial charge in [-0.05, 0) is 38.0 Å². The fourth-order valence-electron chi connectivity index (χ4n) is 5.25. The molecule has 0 aromatic heterocycles. The molecule has 1 N–H and O–H groups in total. The Balaban J connectivity index is 1.53. The Bertz CT molecular complexity index is 609. The van der Waals surface area contributed by atoms with Crippen molar-refractivity contribution in [3.63, 3.8) is 0 Å². The van der Waals surface area contributed by atoms with E-state index < -0.39 is 12.1 Å². The number of alkyl carbamates (subject to hydrolysis) is 1. The van der Waals surface area contributed by atoms with Crippen LogP contribution in [0.25, 0.3) is 0 Å². The van der Waals surface area contributed by atoms with E-state index in [-0.39, 0.29) is 12.0 Å². The van der Waals surface area contributed by atoms with E-state index >= 15 is 0 Å². The van der Waals surface area contributed by atoms with Crippen LogP contribution in [-0.2, 0) is 14.3 Å². The largest absolute Gasteiger partial charge is 0.450 e. The van der Waals surface area contributed by atoms with Crippen molar-refractivity contribution in [1.29, 1.82) is 0 Å². The number of rotatable bonds is 7. The summed E-state index contributed by atoms with van der Waals surface area (Å²) in [5.41, 5.74) is 0. The third-order valence-corrected chi connectivity index (χ3v) is 7.18. The summed E-state index contributed by atoms with van der Waals surface area (Å²) >= 11 is 0. The van der Waals surface area contributed by atoms with Gasteiger partial charge in [-0.3, -0.25) is 4.79 Å². The summed E-state index contributed by atoms with van der Waals surface area (Å²) in [6.45, 7) is 4.38. The molecule has 32 heavy (non-hydrogen) atoms. The van der Waals surface area contributed by atoms with Crippen molar-refractivity contribution in [3.8, 4) is 0 Å². The second-order valence-electron chi connectivity index (χ2n) is 9.55. The molecule has 0 aromatic rings. The predicted molar refractivity (Wildman–Crippen MR) is 121 cm³/mol. The van der Waals surface area contributed by atoms with Crippen LogP contribution in [-0.4, -0.2) is 73.3 Å². The van der Waals surface area contributed by atoms with Crippen LogP contribution in [0.1, 0.15) is 77.6 Å². The maximum Gasteiger partial charge on any atom is 0.409 e. The summed E-state index contributed by atoms with van der Waals surface area (Å²) in [6, 6.07) is -0.564. The average molecular weight is 452 g/mol. The van der Waals surface area contributed by atoms with E-state index in [9.17, 15) is 14.4 Å². The smallest absolute Gasteiger partial charge is 0.409 e. The van der Waals surface area contributed by atoms with Crippen molar-refractivity contribution < 1.29 is 23.9 Å². The van der Waals surface area contributed by atoms with Crippen LogP contribution in [0.4, 0.5) is 9.59 Å². The predicted octanol–water partition coefficient (Wildman–Crippen LogP) is 3.93. The number of hydrogen-bond donors (Lipinski definition) is 1. The molecule has 0 bridgehead atoms. The van der Waals surface area contributed by atoms with Crippen LogP contribution < -0.4 is 5.32 Å². The number of amides is 3. The molecular formula is C24H41N3O5. The van der Waals surface area contributed by atoms with Crippen molar-refractivity contribution in [2.24, 2.45) is 11.8 Å². The van der Waals surface area contributed by atoms with Gasteiger partial charge in [0.25, 0.3) is 0 Å². The van der Waals surface area contributed by atoms with Crippen LogP contribution in [0.5, 0.6) is 0 Å². The van der Waals surface area contributed by atoms with Gasteiger partial charge >= 0.3 is 12.2 Å². The van der Waals surface area contributed by atoms with Gasteiger partial charge in [0.05, 0.1) is 13.2 Å². The zero-order valence-corrected chi connectivity index (χ0v) is 19.7. The lowest BCUT2D eigenvalue weighted by Crippen LogP contribution is -2.56. The first-order valence-electron chi connectivity index (χ1n) is 12.7. The summed E-state index contributed by atoms with van der Waals surface area (Å²) in [6.07, 6.45) is 11.6. The van der Waals surface area contributed by atoms with Crippen molar-refractivity contribution in [2.75, 3.05) is 39.4 Å². The monoisotopic (exact) mass is 451 g/mol. The number of nitrogens with zero attached hydrogens (tertiary/aromatic N) is 2. The van der Waals surface area contributed by atoms with Gasteiger partial charge in [-0.25, -0.2) is 9.59 Å². The van der Waals surface area contributed by atoms with Gasteiger partial charge in [0.2, 0.25) is 5.91 Å². The summed E-state index contributed by atoms with van der Waals surface area (Å²) in [5.74, 6) is 0.837. The quantitative estimate of drug-likeness (QED) is 0.634. The Morgan fingerprint density at radius 3 is 1.97 bits per heavy atom. The molecule has 0 spiro atoms. The highest BCUT2D eigenvalue weighted by molar-refractivity contribution is 5.86. The molecule has 1 aliphatic heterocycles. The minimum atomic E-state index is -0.564. The molecule has 1 heterocycles. The maximum absolute atomic E-state index is 13.3. The number of hydrogen-bond acceptors (Lipinski definition) is 5. The van der Waals surface area contributed by atoms with Crippen LogP contribution in [0, 0.1) is 11.8 Å². The van der Waals surface area contributed by atoms with E-state index in [0.29, 0.717) is 57.6 Å². The van der Waals surface area contributed by atoms with E-state index in [1.54, 1.807) is 16.7 Å². The van der Waals surface area contributed by atoms with Crippen LogP contribution in [0.15, 0.2) is 0 Å². The molecule has 3 rings (SSSR count). The summed E-state index contributed by atoms with van der Waals surface area (Å²) in [4.78, 5) is 41.2. The Morgan fingerprint density at radius 2 is 1.38 bits per heavy atom. The van der Waals surface area contributed by atoms with Crippen LogP contribution in [0.2, 0.25) is 0 Å². The fourth-order valence-corrected chi connectivity index (χ4v) is 5.25. The standard InChI is InChI=1S/C24H41N3O5/c1-2-31-24(30)27-15-13-26(14-16-27)22(28)21(17-19-9-5-3-6-10-19)25-23(29)32-18-20-11-7-4-8-12-20/h19-21H,2-18H2,1H3,(H,25,29). The Kier molecular flexibility index (Phi) is 9.93. The van der Waals surface area contributed by atoms with Crippen molar-refractivity contribution >= 4 is 18.1 Å². The molecule has 8 heteroatoms. The highest BCUT2D eigenvalue weighted by Crippen LogP contribution is 2.28. The number of nitrogens with one attached hydrogen (secondary N) is 1. The van der Waals surface area contributed by atoms with Gasteiger partial charge in [0.15, 0.2) is 0 Å². The van der Waals surface area contributed by atoms with E-state index in [2.05, 4.69) is 5.32 Å². The highest BCUT2D eigenvalue weighted by atomic mass is 16.6. The zero-order valence-electron chi connectivity index (χ0n) is 19.7. The molecule has 2 saturated carbocycles. The van der Waals surface area contributed by atoms with Crippen LogP contribution >= 0.6 is 0 Å². The molecule has 182 valence electrons. The van der Waals surface area contributed by atoms with E-state index in [1.165, 1.54) is 38.5 Å². The van der Waals surface area contributed by atoms with E-state index in [0.717, 1.165) is 25.7 Å². The molecule has 0 radical (unpaired) electrons. The summed E-state index contributed by atoms with van der Waals surface area (Å²) in [5, 5.41) is 2.90. The average Bonchev–Trinajstić information content (AvgIpc) is 2.83. The first kappa shape index (κ1) is 24.6. The molecule has 3 fully saturated rings. The third-order valence-electron chi connectivity index (χ3n) is 7.18. The summed E-state index contributed by atoms with van der Waals surface area (Å²) in [7, 11) is 0. The minimum absolute atomic E-state index is 0.0614.